The van der Waals surface area contributed by atoms with Gasteiger partial charge in [0.2, 0.25) is 5.75 Å². The minimum Gasteiger partial charge on any atom is -0.485 e. The van der Waals surface area contributed by atoms with Crippen LogP contribution in [0.4, 0.5) is 5.69 Å². The Bertz CT molecular complexity index is 491. The Hall–Kier alpha value is -0.790. The van der Waals surface area contributed by atoms with Gasteiger partial charge < -0.3 is 9.47 Å². The molecule has 5 nitrogen and oxygen atoms in total. The number of halogens is 1. The predicted molar refractivity (Wildman–Crippen MR) is 82.6 cm³/mol. The van der Waals surface area contributed by atoms with Crippen molar-refractivity contribution in [2.24, 2.45) is 5.41 Å². The molecule has 0 bridgehead atoms. The molecule has 1 aliphatic heterocycles. The van der Waals surface area contributed by atoms with Crippen LogP contribution in [0, 0.1) is 15.5 Å². The third-order valence-corrected chi connectivity index (χ3v) is 4.85. The number of nitro groups is 1. The number of hydrogen-bond acceptors (Lipinski definition) is 5. The van der Waals surface area contributed by atoms with Gasteiger partial charge in [-0.2, -0.15) is 12.6 Å². The normalized spacial score (nSPS) is 17.7. The summed E-state index contributed by atoms with van der Waals surface area (Å²) in [7, 11) is 0. The zero-order valence-electron chi connectivity index (χ0n) is 10.9. The lowest BCUT2D eigenvalue weighted by molar-refractivity contribution is -0.386. The fourth-order valence-corrected chi connectivity index (χ4v) is 3.04. The van der Waals surface area contributed by atoms with Crippen molar-refractivity contribution in [1.29, 1.82) is 0 Å². The molecule has 0 amide bonds. The highest BCUT2D eigenvalue weighted by molar-refractivity contribution is 9.10. The maximum atomic E-state index is 11.0. The molecule has 7 heteroatoms. The summed E-state index contributed by atoms with van der Waals surface area (Å²) in [6.07, 6.45) is 1.71. The lowest BCUT2D eigenvalue weighted by Gasteiger charge is -2.35. The summed E-state index contributed by atoms with van der Waals surface area (Å²) in [6.45, 7) is 1.77. The Kier molecular flexibility index (Phi) is 5.29. The van der Waals surface area contributed by atoms with E-state index in [4.69, 9.17) is 9.47 Å². The van der Waals surface area contributed by atoms with E-state index in [1.807, 2.05) is 0 Å². The van der Waals surface area contributed by atoms with E-state index in [0.717, 1.165) is 12.8 Å². The lowest BCUT2D eigenvalue weighted by Crippen LogP contribution is -2.37. The van der Waals surface area contributed by atoms with Crippen LogP contribution in [-0.2, 0) is 4.74 Å². The highest BCUT2D eigenvalue weighted by atomic mass is 79.9. The van der Waals surface area contributed by atoms with Gasteiger partial charge in [-0.25, -0.2) is 0 Å². The van der Waals surface area contributed by atoms with E-state index in [0.29, 0.717) is 30.0 Å². The third-order valence-electron chi connectivity index (χ3n) is 3.55. The molecule has 0 N–H and O–H groups in total. The Balaban J connectivity index is 2.15. The van der Waals surface area contributed by atoms with Gasteiger partial charge in [-0.05, 0) is 40.6 Å². The van der Waals surface area contributed by atoms with E-state index < -0.39 is 4.92 Å². The van der Waals surface area contributed by atoms with Gasteiger partial charge >= 0.3 is 5.69 Å². The van der Waals surface area contributed by atoms with Crippen molar-refractivity contribution in [3.05, 3.63) is 32.8 Å². The van der Waals surface area contributed by atoms with Gasteiger partial charge in [-0.15, -0.1) is 0 Å². The molecule has 2 rings (SSSR count). The van der Waals surface area contributed by atoms with E-state index in [2.05, 4.69) is 28.6 Å². The van der Waals surface area contributed by atoms with Gasteiger partial charge in [0.25, 0.3) is 0 Å². The van der Waals surface area contributed by atoms with E-state index in [1.165, 1.54) is 6.07 Å². The van der Waals surface area contributed by atoms with Crippen molar-refractivity contribution in [1.82, 2.24) is 0 Å². The summed E-state index contributed by atoms with van der Waals surface area (Å²) in [6, 6.07) is 4.80. The summed E-state index contributed by atoms with van der Waals surface area (Å²) < 4.78 is 11.7. The quantitative estimate of drug-likeness (QED) is 0.495. The molecule has 1 aliphatic rings. The van der Waals surface area contributed by atoms with Crippen molar-refractivity contribution in [3.8, 4) is 5.75 Å². The Morgan fingerprint density at radius 1 is 1.45 bits per heavy atom. The molecule has 20 heavy (non-hydrogen) atoms. The molecular weight excluding hydrogens is 346 g/mol. The number of para-hydroxylation sites is 1. The highest BCUT2D eigenvalue weighted by Gasteiger charge is 2.33. The van der Waals surface area contributed by atoms with Crippen LogP contribution in [0.1, 0.15) is 12.8 Å². The van der Waals surface area contributed by atoms with Gasteiger partial charge in [0.15, 0.2) is 0 Å². The van der Waals surface area contributed by atoms with Gasteiger partial charge in [0, 0.05) is 24.7 Å². The van der Waals surface area contributed by atoms with Gasteiger partial charge in [0.1, 0.15) is 0 Å². The van der Waals surface area contributed by atoms with Crippen molar-refractivity contribution in [2.45, 2.75) is 12.8 Å². The van der Waals surface area contributed by atoms with Crippen molar-refractivity contribution < 1.29 is 14.4 Å². The van der Waals surface area contributed by atoms with E-state index in [9.17, 15) is 10.1 Å². The van der Waals surface area contributed by atoms with Gasteiger partial charge in [0.05, 0.1) is 16.0 Å². The molecule has 1 heterocycles. The fraction of sp³-hybridized carbons (Fsp3) is 0.538. The van der Waals surface area contributed by atoms with Crippen LogP contribution >= 0.6 is 28.6 Å². The number of nitrogens with zero attached hydrogens (tertiary/aromatic N) is 1. The van der Waals surface area contributed by atoms with Crippen LogP contribution in [0.15, 0.2) is 22.7 Å². The molecule has 0 spiro atoms. The van der Waals surface area contributed by atoms with Crippen LogP contribution < -0.4 is 4.74 Å². The van der Waals surface area contributed by atoms with Crippen molar-refractivity contribution in [2.75, 3.05) is 25.6 Å². The molecule has 1 aromatic rings. The lowest BCUT2D eigenvalue weighted by atomic mass is 9.83. The van der Waals surface area contributed by atoms with E-state index >= 15 is 0 Å². The fourth-order valence-electron chi connectivity index (χ4n) is 2.16. The molecular formula is C13H16BrNO4S. The zero-order chi connectivity index (χ0) is 14.6. The average Bonchev–Trinajstić information content (AvgIpc) is 2.46. The number of benzene rings is 1. The maximum Gasteiger partial charge on any atom is 0.312 e. The first-order valence-electron chi connectivity index (χ1n) is 6.32. The average molecular weight is 362 g/mol. The van der Waals surface area contributed by atoms with Gasteiger partial charge in [-0.3, -0.25) is 10.1 Å². The second kappa shape index (κ2) is 6.78. The van der Waals surface area contributed by atoms with Crippen molar-refractivity contribution >= 4 is 34.2 Å². The number of hydrogen-bond donors (Lipinski definition) is 1. The second-order valence-electron chi connectivity index (χ2n) is 4.90. The number of ether oxygens (including phenoxy) is 2. The van der Waals surface area contributed by atoms with Crippen LogP contribution in [-0.4, -0.2) is 30.5 Å². The number of rotatable bonds is 5. The molecule has 0 atom stereocenters. The summed E-state index contributed by atoms with van der Waals surface area (Å²) in [5.74, 6) is 0.958. The number of nitro benzene ring substituents is 1. The Morgan fingerprint density at radius 3 is 2.75 bits per heavy atom. The number of thiol groups is 1. The minimum absolute atomic E-state index is 0.0271. The Labute approximate surface area is 131 Å². The van der Waals surface area contributed by atoms with E-state index in [-0.39, 0.29) is 16.9 Å². The topological polar surface area (TPSA) is 61.6 Å². The largest absolute Gasteiger partial charge is 0.485 e. The van der Waals surface area contributed by atoms with Crippen molar-refractivity contribution in [3.63, 3.8) is 0 Å². The summed E-state index contributed by atoms with van der Waals surface area (Å²) >= 11 is 7.71. The molecule has 0 aromatic heterocycles. The van der Waals surface area contributed by atoms with Crippen LogP contribution in [0.25, 0.3) is 0 Å². The first-order valence-corrected chi connectivity index (χ1v) is 7.75. The molecule has 1 aromatic carbocycles. The molecule has 110 valence electrons. The molecule has 0 radical (unpaired) electrons. The van der Waals surface area contributed by atoms with Crippen LogP contribution in [0.3, 0.4) is 0 Å². The standard InChI is InChI=1S/C13H16BrNO4S/c14-10-2-1-3-11(15(16)17)12(10)19-8-13(9-20)4-6-18-7-5-13/h1-3,20H,4-9H2. The minimum atomic E-state index is -0.433. The maximum absolute atomic E-state index is 11.0. The summed E-state index contributed by atoms with van der Waals surface area (Å²) in [4.78, 5) is 10.6. The summed E-state index contributed by atoms with van der Waals surface area (Å²) in [5, 5.41) is 11.0. The summed E-state index contributed by atoms with van der Waals surface area (Å²) in [5.41, 5.74) is -0.106. The SMILES string of the molecule is O=[N+]([O-])c1cccc(Br)c1OCC1(CS)CCOCC1. The second-order valence-corrected chi connectivity index (χ2v) is 6.07. The molecule has 0 aliphatic carbocycles. The molecule has 1 saturated heterocycles. The Morgan fingerprint density at radius 2 is 2.15 bits per heavy atom. The molecule has 0 unspecified atom stereocenters. The molecule has 1 fully saturated rings. The van der Waals surface area contributed by atoms with E-state index in [1.54, 1.807) is 12.1 Å². The zero-order valence-corrected chi connectivity index (χ0v) is 13.4. The monoisotopic (exact) mass is 361 g/mol. The predicted octanol–water partition coefficient (Wildman–Crippen LogP) is 3.46. The third kappa shape index (κ3) is 3.45. The molecule has 0 saturated carbocycles. The smallest absolute Gasteiger partial charge is 0.312 e. The van der Waals surface area contributed by atoms with Gasteiger partial charge in [-0.1, -0.05) is 6.07 Å². The first-order chi connectivity index (χ1) is 9.58. The highest BCUT2D eigenvalue weighted by Crippen LogP contribution is 2.38. The van der Waals surface area contributed by atoms with Crippen LogP contribution in [0.2, 0.25) is 0 Å². The first kappa shape index (κ1) is 15.6. The van der Waals surface area contributed by atoms with Crippen LogP contribution in [0.5, 0.6) is 5.75 Å².